The van der Waals surface area contributed by atoms with Crippen LogP contribution in [0.15, 0.2) is 65.1 Å². The molecule has 0 aromatic heterocycles. The van der Waals surface area contributed by atoms with E-state index in [0.717, 1.165) is 27.8 Å². The predicted molar refractivity (Wildman–Crippen MR) is 120 cm³/mol. The van der Waals surface area contributed by atoms with Gasteiger partial charge in [0.05, 0.1) is 17.0 Å². The molecule has 2 aromatic rings. The van der Waals surface area contributed by atoms with E-state index in [-0.39, 0.29) is 11.4 Å². The number of benzene rings is 2. The predicted octanol–water partition coefficient (Wildman–Crippen LogP) is 4.97. The number of thioether (sulfide) groups is 1. The Hall–Kier alpha value is -3.03. The highest BCUT2D eigenvalue weighted by Crippen LogP contribution is 2.32. The van der Waals surface area contributed by atoms with Crippen molar-refractivity contribution in [1.82, 2.24) is 4.90 Å². The maximum Gasteiger partial charge on any atom is 0.294 e. The van der Waals surface area contributed by atoms with Crippen LogP contribution in [0.4, 0.5) is 10.5 Å². The molecular formula is C22H19ClN2O4S. The zero-order valence-corrected chi connectivity index (χ0v) is 17.9. The highest BCUT2D eigenvalue weighted by molar-refractivity contribution is 8.18. The number of hydrogen-bond acceptors (Lipinski definition) is 5. The number of amides is 3. The molecule has 1 N–H and O–H groups in total. The third kappa shape index (κ3) is 5.31. The molecule has 154 valence electrons. The molecule has 1 saturated heterocycles. The van der Waals surface area contributed by atoms with Gasteiger partial charge in [-0.1, -0.05) is 48.0 Å². The summed E-state index contributed by atoms with van der Waals surface area (Å²) in [5.41, 5.74) is 2.25. The van der Waals surface area contributed by atoms with Gasteiger partial charge in [-0.3, -0.25) is 19.3 Å². The average molecular weight is 443 g/mol. The minimum Gasteiger partial charge on any atom is -0.495 e. The van der Waals surface area contributed by atoms with Gasteiger partial charge in [0.1, 0.15) is 12.3 Å². The first-order chi connectivity index (χ1) is 14.4. The van der Waals surface area contributed by atoms with Gasteiger partial charge in [-0.2, -0.15) is 0 Å². The van der Waals surface area contributed by atoms with E-state index in [1.165, 1.54) is 13.2 Å². The lowest BCUT2D eigenvalue weighted by molar-refractivity contribution is -0.127. The van der Waals surface area contributed by atoms with Crippen LogP contribution in [0.1, 0.15) is 12.5 Å². The summed E-state index contributed by atoms with van der Waals surface area (Å²) in [7, 11) is 1.49. The van der Waals surface area contributed by atoms with Crippen molar-refractivity contribution in [2.45, 2.75) is 6.92 Å². The van der Waals surface area contributed by atoms with Crippen LogP contribution in [-0.2, 0) is 9.59 Å². The number of nitrogens with one attached hydrogen (secondary N) is 1. The summed E-state index contributed by atoms with van der Waals surface area (Å²) in [6, 6.07) is 14.4. The number of halogens is 1. The Morgan fingerprint density at radius 3 is 2.60 bits per heavy atom. The van der Waals surface area contributed by atoms with Gasteiger partial charge in [0.15, 0.2) is 0 Å². The summed E-state index contributed by atoms with van der Waals surface area (Å²) in [6.45, 7) is 1.47. The van der Waals surface area contributed by atoms with Gasteiger partial charge in [-0.25, -0.2) is 0 Å². The summed E-state index contributed by atoms with van der Waals surface area (Å²) in [4.78, 5) is 38.4. The molecule has 0 bridgehead atoms. The van der Waals surface area contributed by atoms with Crippen molar-refractivity contribution in [3.05, 3.63) is 75.7 Å². The Bertz CT molecular complexity index is 1050. The van der Waals surface area contributed by atoms with Crippen LogP contribution in [-0.4, -0.2) is 35.6 Å². The number of ether oxygens (including phenoxy) is 1. The van der Waals surface area contributed by atoms with Crippen LogP contribution >= 0.6 is 23.4 Å². The molecule has 1 heterocycles. The fraction of sp³-hybridized carbons (Fsp3) is 0.136. The van der Waals surface area contributed by atoms with Gasteiger partial charge in [0, 0.05) is 5.69 Å². The van der Waals surface area contributed by atoms with Crippen LogP contribution in [0.3, 0.4) is 0 Å². The molecule has 3 rings (SSSR count). The summed E-state index contributed by atoms with van der Waals surface area (Å²) in [5.74, 6) is -0.519. The van der Waals surface area contributed by atoms with E-state index < -0.39 is 17.1 Å². The Kier molecular flexibility index (Phi) is 6.97. The topological polar surface area (TPSA) is 75.7 Å². The molecule has 1 aliphatic heterocycles. The molecule has 0 saturated carbocycles. The number of imide groups is 1. The van der Waals surface area contributed by atoms with Gasteiger partial charge in [0.25, 0.3) is 11.1 Å². The van der Waals surface area contributed by atoms with E-state index in [4.69, 9.17) is 16.3 Å². The Morgan fingerprint density at radius 1 is 1.20 bits per heavy atom. The highest BCUT2D eigenvalue weighted by atomic mass is 35.5. The van der Waals surface area contributed by atoms with Gasteiger partial charge in [0.2, 0.25) is 5.91 Å². The van der Waals surface area contributed by atoms with E-state index in [2.05, 4.69) is 5.32 Å². The van der Waals surface area contributed by atoms with E-state index >= 15 is 0 Å². The minimum atomic E-state index is -0.503. The van der Waals surface area contributed by atoms with Crippen molar-refractivity contribution < 1.29 is 19.1 Å². The first-order valence-electron chi connectivity index (χ1n) is 8.99. The van der Waals surface area contributed by atoms with Gasteiger partial charge >= 0.3 is 0 Å². The number of rotatable bonds is 6. The third-order valence-electron chi connectivity index (χ3n) is 4.16. The molecule has 2 aromatic carbocycles. The van der Waals surface area contributed by atoms with E-state index in [1.807, 2.05) is 43.3 Å². The quantitative estimate of drug-likeness (QED) is 0.639. The average Bonchev–Trinajstić information content (AvgIpc) is 2.96. The number of anilines is 1. The molecular weight excluding hydrogens is 424 g/mol. The molecule has 1 aliphatic rings. The van der Waals surface area contributed by atoms with Gasteiger partial charge < -0.3 is 10.1 Å². The normalized spacial score (nSPS) is 15.6. The van der Waals surface area contributed by atoms with Crippen molar-refractivity contribution in [2.75, 3.05) is 19.0 Å². The van der Waals surface area contributed by atoms with Crippen molar-refractivity contribution in [3.8, 4) is 5.75 Å². The Labute approximate surface area is 183 Å². The second-order valence-electron chi connectivity index (χ2n) is 6.46. The zero-order valence-electron chi connectivity index (χ0n) is 16.3. The lowest BCUT2D eigenvalue weighted by atomic mass is 10.1. The largest absolute Gasteiger partial charge is 0.495 e. The van der Waals surface area contributed by atoms with Gasteiger partial charge in [-0.05, 0) is 54.1 Å². The second-order valence-corrected chi connectivity index (χ2v) is 7.86. The van der Waals surface area contributed by atoms with E-state index in [9.17, 15) is 14.4 Å². The van der Waals surface area contributed by atoms with Crippen LogP contribution in [0.25, 0.3) is 6.08 Å². The van der Waals surface area contributed by atoms with E-state index in [0.29, 0.717) is 16.5 Å². The maximum atomic E-state index is 12.6. The lowest BCUT2D eigenvalue weighted by Gasteiger charge is -2.13. The van der Waals surface area contributed by atoms with Crippen LogP contribution in [0, 0.1) is 0 Å². The van der Waals surface area contributed by atoms with Crippen LogP contribution in [0.5, 0.6) is 5.75 Å². The molecule has 3 amide bonds. The summed E-state index contributed by atoms with van der Waals surface area (Å²) >= 11 is 6.86. The minimum absolute atomic E-state index is 0.282. The first kappa shape index (κ1) is 21.7. The molecule has 0 radical (unpaired) electrons. The molecule has 6 nitrogen and oxygen atoms in total. The highest BCUT2D eigenvalue weighted by Gasteiger charge is 2.36. The molecule has 30 heavy (non-hydrogen) atoms. The van der Waals surface area contributed by atoms with Crippen molar-refractivity contribution in [2.24, 2.45) is 0 Å². The summed E-state index contributed by atoms with van der Waals surface area (Å²) in [6.07, 6.45) is 3.56. The Morgan fingerprint density at radius 2 is 1.93 bits per heavy atom. The number of carbonyl (C=O) groups excluding carboxylic acids is 3. The molecule has 0 aliphatic carbocycles. The fourth-order valence-electron chi connectivity index (χ4n) is 2.79. The summed E-state index contributed by atoms with van der Waals surface area (Å²) < 4.78 is 5.07. The fourth-order valence-corrected chi connectivity index (χ4v) is 3.93. The Balaban J connectivity index is 1.66. The standard InChI is InChI=1S/C22H19ClN2O4S/c1-14(10-15-6-4-3-5-7-15)11-19-21(27)25(22(28)30-19)13-20(26)24-16-8-9-18(29-2)17(23)12-16/h3-12H,13H2,1-2H3,(H,24,26)/b14-10+,19-11+. The number of methoxy groups -OCH3 is 1. The maximum absolute atomic E-state index is 12.6. The number of carbonyl (C=O) groups is 3. The summed E-state index contributed by atoms with van der Waals surface area (Å²) in [5, 5.41) is 2.48. The first-order valence-corrected chi connectivity index (χ1v) is 10.2. The number of hydrogen-bond donors (Lipinski definition) is 1. The second kappa shape index (κ2) is 9.65. The monoisotopic (exact) mass is 442 g/mol. The molecule has 0 atom stereocenters. The van der Waals surface area contributed by atoms with Crippen molar-refractivity contribution in [1.29, 1.82) is 0 Å². The third-order valence-corrected chi connectivity index (χ3v) is 5.37. The lowest BCUT2D eigenvalue weighted by Crippen LogP contribution is -2.36. The smallest absolute Gasteiger partial charge is 0.294 e. The van der Waals surface area contributed by atoms with Crippen LogP contribution < -0.4 is 10.1 Å². The van der Waals surface area contributed by atoms with Crippen molar-refractivity contribution in [3.63, 3.8) is 0 Å². The molecule has 8 heteroatoms. The van der Waals surface area contributed by atoms with E-state index in [1.54, 1.807) is 18.2 Å². The zero-order chi connectivity index (χ0) is 21.7. The number of nitrogens with zero attached hydrogens (tertiary/aromatic N) is 1. The molecule has 0 spiro atoms. The SMILES string of the molecule is COc1ccc(NC(=O)CN2C(=O)S/C(=C/C(C)=C/c3ccccc3)C2=O)cc1Cl. The van der Waals surface area contributed by atoms with Gasteiger partial charge in [-0.15, -0.1) is 0 Å². The number of allylic oxidation sites excluding steroid dienone is 2. The van der Waals surface area contributed by atoms with Crippen molar-refractivity contribution >= 4 is 52.2 Å². The molecule has 1 fully saturated rings. The molecule has 0 unspecified atom stereocenters. The van der Waals surface area contributed by atoms with Crippen LogP contribution in [0.2, 0.25) is 5.02 Å².